The van der Waals surface area contributed by atoms with Gasteiger partial charge in [0.05, 0.1) is 11.3 Å². The fourth-order valence-electron chi connectivity index (χ4n) is 2.47. The van der Waals surface area contributed by atoms with Gasteiger partial charge in [-0.1, -0.05) is 19.1 Å². The van der Waals surface area contributed by atoms with Gasteiger partial charge in [-0.05, 0) is 43.4 Å². The molecule has 1 fully saturated rings. The molecule has 1 saturated carbocycles. The van der Waals surface area contributed by atoms with Crippen LogP contribution in [0.5, 0.6) is 0 Å². The Kier molecular flexibility index (Phi) is 5.19. The molecule has 22 heavy (non-hydrogen) atoms. The number of nitrogens with one attached hydrogen (secondary N) is 1. The SMILES string of the molecule is COCCC1(C(=O)Nc2ccc(CC(C)C(=O)O)cc2)CC1. The minimum Gasteiger partial charge on any atom is -0.481 e. The number of hydrogen-bond donors (Lipinski definition) is 2. The van der Waals surface area contributed by atoms with E-state index in [0.29, 0.717) is 13.0 Å². The topological polar surface area (TPSA) is 75.6 Å². The van der Waals surface area contributed by atoms with Gasteiger partial charge in [0.25, 0.3) is 0 Å². The summed E-state index contributed by atoms with van der Waals surface area (Å²) in [6, 6.07) is 7.38. The second kappa shape index (κ2) is 6.92. The molecule has 0 heterocycles. The maximum atomic E-state index is 12.3. The lowest BCUT2D eigenvalue weighted by atomic mass is 10.0. The third-order valence-electron chi connectivity index (χ3n) is 4.30. The van der Waals surface area contributed by atoms with Crippen LogP contribution in [0.4, 0.5) is 5.69 Å². The van der Waals surface area contributed by atoms with Crippen molar-refractivity contribution in [2.24, 2.45) is 11.3 Å². The van der Waals surface area contributed by atoms with E-state index in [2.05, 4.69) is 5.32 Å². The first-order chi connectivity index (χ1) is 10.5. The normalized spacial score (nSPS) is 16.8. The zero-order valence-electron chi connectivity index (χ0n) is 13.1. The smallest absolute Gasteiger partial charge is 0.306 e. The average Bonchev–Trinajstić information content (AvgIpc) is 3.28. The molecule has 1 aliphatic carbocycles. The number of hydrogen-bond acceptors (Lipinski definition) is 3. The molecule has 2 rings (SSSR count). The summed E-state index contributed by atoms with van der Waals surface area (Å²) in [5, 5.41) is 11.9. The third kappa shape index (κ3) is 4.07. The Labute approximate surface area is 130 Å². The van der Waals surface area contributed by atoms with Gasteiger partial charge in [0.1, 0.15) is 0 Å². The van der Waals surface area contributed by atoms with E-state index >= 15 is 0 Å². The Bertz CT molecular complexity index is 534. The highest BCUT2D eigenvalue weighted by Crippen LogP contribution is 2.49. The third-order valence-corrected chi connectivity index (χ3v) is 4.30. The number of rotatable bonds is 8. The van der Waals surface area contributed by atoms with Crippen LogP contribution in [0.25, 0.3) is 0 Å². The highest BCUT2D eigenvalue weighted by atomic mass is 16.5. The first kappa shape index (κ1) is 16.5. The molecule has 1 aromatic rings. The molecule has 1 aliphatic rings. The summed E-state index contributed by atoms with van der Waals surface area (Å²) in [6.07, 6.45) is 3.07. The highest BCUT2D eigenvalue weighted by Gasteiger charge is 2.49. The summed E-state index contributed by atoms with van der Waals surface area (Å²) in [5.41, 5.74) is 1.45. The quantitative estimate of drug-likeness (QED) is 0.774. The molecule has 0 aromatic heterocycles. The van der Waals surface area contributed by atoms with Crippen molar-refractivity contribution in [1.29, 1.82) is 0 Å². The molecule has 2 N–H and O–H groups in total. The second-order valence-corrected chi connectivity index (χ2v) is 6.12. The Morgan fingerprint density at radius 2 is 1.95 bits per heavy atom. The number of carboxylic acids is 1. The summed E-state index contributed by atoms with van der Waals surface area (Å²) >= 11 is 0. The van der Waals surface area contributed by atoms with E-state index in [1.165, 1.54) is 0 Å². The van der Waals surface area contributed by atoms with Gasteiger partial charge in [0.2, 0.25) is 5.91 Å². The summed E-state index contributed by atoms with van der Waals surface area (Å²) in [5.74, 6) is -1.16. The Morgan fingerprint density at radius 3 is 2.45 bits per heavy atom. The van der Waals surface area contributed by atoms with Gasteiger partial charge >= 0.3 is 5.97 Å². The van der Waals surface area contributed by atoms with E-state index in [0.717, 1.165) is 30.5 Å². The average molecular weight is 305 g/mol. The predicted molar refractivity (Wildman–Crippen MR) is 83.7 cm³/mol. The standard InChI is InChI=1S/C17H23NO4/c1-12(15(19)20)11-13-3-5-14(6-4-13)18-16(21)17(7-8-17)9-10-22-2/h3-6,12H,7-11H2,1-2H3,(H,18,21)(H,19,20). The number of carbonyl (C=O) groups excluding carboxylic acids is 1. The number of ether oxygens (including phenoxy) is 1. The number of carbonyl (C=O) groups is 2. The molecule has 1 unspecified atom stereocenters. The van der Waals surface area contributed by atoms with Crippen molar-refractivity contribution in [3.63, 3.8) is 0 Å². The Hall–Kier alpha value is -1.88. The fraction of sp³-hybridized carbons (Fsp3) is 0.529. The first-order valence-corrected chi connectivity index (χ1v) is 7.59. The number of aliphatic carboxylic acids is 1. The monoisotopic (exact) mass is 305 g/mol. The Balaban J connectivity index is 1.91. The first-order valence-electron chi connectivity index (χ1n) is 7.59. The zero-order chi connectivity index (χ0) is 16.2. The number of carboxylic acid groups (broad SMARTS) is 1. The van der Waals surface area contributed by atoms with Crippen LogP contribution in [0, 0.1) is 11.3 Å². The van der Waals surface area contributed by atoms with Crippen molar-refractivity contribution in [2.75, 3.05) is 19.0 Å². The molecule has 120 valence electrons. The van der Waals surface area contributed by atoms with Crippen molar-refractivity contribution in [1.82, 2.24) is 0 Å². The molecule has 1 aromatic carbocycles. The molecular formula is C17H23NO4. The number of amides is 1. The van der Waals surface area contributed by atoms with E-state index < -0.39 is 11.9 Å². The van der Waals surface area contributed by atoms with Crippen molar-refractivity contribution in [3.05, 3.63) is 29.8 Å². The van der Waals surface area contributed by atoms with Crippen LogP contribution in [-0.2, 0) is 20.7 Å². The van der Waals surface area contributed by atoms with Gasteiger partial charge in [-0.3, -0.25) is 9.59 Å². The Morgan fingerprint density at radius 1 is 1.32 bits per heavy atom. The van der Waals surface area contributed by atoms with Crippen molar-refractivity contribution in [2.45, 2.75) is 32.6 Å². The number of benzene rings is 1. The molecule has 0 saturated heterocycles. The zero-order valence-corrected chi connectivity index (χ0v) is 13.1. The molecule has 0 aliphatic heterocycles. The van der Waals surface area contributed by atoms with E-state index in [4.69, 9.17) is 9.84 Å². The van der Waals surface area contributed by atoms with Crippen LogP contribution in [0.2, 0.25) is 0 Å². The summed E-state index contributed by atoms with van der Waals surface area (Å²) < 4.78 is 5.06. The van der Waals surface area contributed by atoms with E-state index in [1.807, 2.05) is 24.3 Å². The predicted octanol–water partition coefficient (Wildman–Crippen LogP) is 2.71. The van der Waals surface area contributed by atoms with Crippen LogP contribution >= 0.6 is 0 Å². The molecule has 5 heteroatoms. The summed E-state index contributed by atoms with van der Waals surface area (Å²) in [4.78, 5) is 23.2. The maximum Gasteiger partial charge on any atom is 0.306 e. The van der Waals surface area contributed by atoms with Crippen LogP contribution in [-0.4, -0.2) is 30.7 Å². The van der Waals surface area contributed by atoms with Crippen LogP contribution in [0.3, 0.4) is 0 Å². The molecule has 5 nitrogen and oxygen atoms in total. The van der Waals surface area contributed by atoms with Gasteiger partial charge in [-0.15, -0.1) is 0 Å². The maximum absolute atomic E-state index is 12.3. The van der Waals surface area contributed by atoms with Gasteiger partial charge < -0.3 is 15.2 Å². The second-order valence-electron chi connectivity index (χ2n) is 6.12. The van der Waals surface area contributed by atoms with Crippen molar-refractivity contribution < 1.29 is 19.4 Å². The van der Waals surface area contributed by atoms with Crippen molar-refractivity contribution in [3.8, 4) is 0 Å². The molecule has 1 amide bonds. The lowest BCUT2D eigenvalue weighted by molar-refractivity contribution is -0.141. The molecule has 0 radical (unpaired) electrons. The van der Waals surface area contributed by atoms with Crippen molar-refractivity contribution >= 4 is 17.6 Å². The number of anilines is 1. The minimum absolute atomic E-state index is 0.0520. The number of methoxy groups -OCH3 is 1. The van der Waals surface area contributed by atoms with Crippen LogP contribution < -0.4 is 5.32 Å². The van der Waals surface area contributed by atoms with Gasteiger partial charge in [0, 0.05) is 19.4 Å². The van der Waals surface area contributed by atoms with Crippen LogP contribution in [0.15, 0.2) is 24.3 Å². The molecule has 0 spiro atoms. The van der Waals surface area contributed by atoms with Gasteiger partial charge in [-0.2, -0.15) is 0 Å². The van der Waals surface area contributed by atoms with Gasteiger partial charge in [0.15, 0.2) is 0 Å². The lowest BCUT2D eigenvalue weighted by Gasteiger charge is -2.15. The van der Waals surface area contributed by atoms with Crippen LogP contribution in [0.1, 0.15) is 31.7 Å². The highest BCUT2D eigenvalue weighted by molar-refractivity contribution is 5.97. The van der Waals surface area contributed by atoms with Gasteiger partial charge in [-0.25, -0.2) is 0 Å². The van der Waals surface area contributed by atoms with E-state index in [1.54, 1.807) is 14.0 Å². The molecule has 1 atom stereocenters. The van der Waals surface area contributed by atoms with E-state index in [9.17, 15) is 9.59 Å². The lowest BCUT2D eigenvalue weighted by Crippen LogP contribution is -2.25. The summed E-state index contributed by atoms with van der Waals surface area (Å²) in [7, 11) is 1.64. The largest absolute Gasteiger partial charge is 0.481 e. The summed E-state index contributed by atoms with van der Waals surface area (Å²) in [6.45, 7) is 2.28. The minimum atomic E-state index is -0.800. The molecule has 0 bridgehead atoms. The fourth-order valence-corrected chi connectivity index (χ4v) is 2.47. The van der Waals surface area contributed by atoms with E-state index in [-0.39, 0.29) is 11.3 Å². The molecular weight excluding hydrogens is 282 g/mol.